The van der Waals surface area contributed by atoms with Crippen LogP contribution in [0, 0.1) is 6.92 Å². The Labute approximate surface area is 275 Å². The van der Waals surface area contributed by atoms with Gasteiger partial charge in [0.05, 0.1) is 36.8 Å². The number of hydrogen-bond acceptors (Lipinski definition) is 6. The first-order valence-electron chi connectivity index (χ1n) is 15.3. The number of ether oxygens (including phenoxy) is 3. The molecule has 0 spiro atoms. The summed E-state index contributed by atoms with van der Waals surface area (Å²) >= 11 is 12.8. The van der Waals surface area contributed by atoms with Crippen LogP contribution >= 0.6 is 23.2 Å². The van der Waals surface area contributed by atoms with Gasteiger partial charge in [-0.3, -0.25) is 9.59 Å². The van der Waals surface area contributed by atoms with E-state index in [0.29, 0.717) is 65.3 Å². The number of carbonyl (C=O) groups excluding carboxylic acids is 2. The average molecular weight is 655 g/mol. The first-order chi connectivity index (χ1) is 21.7. The Kier molecular flexibility index (Phi) is 10.2. The topological polar surface area (TPSA) is 89.1 Å². The maximum atomic E-state index is 14.0. The predicted molar refractivity (Wildman–Crippen MR) is 177 cm³/mol. The van der Waals surface area contributed by atoms with Crippen molar-refractivity contribution >= 4 is 35.0 Å². The van der Waals surface area contributed by atoms with Crippen LogP contribution in [0.4, 0.5) is 0 Å². The number of benzene rings is 3. The molecule has 3 aromatic rings. The Morgan fingerprint density at radius 2 is 1.51 bits per heavy atom. The fourth-order valence-electron chi connectivity index (χ4n) is 6.80. The van der Waals surface area contributed by atoms with Crippen molar-refractivity contribution in [3.05, 3.63) is 86.9 Å². The summed E-state index contributed by atoms with van der Waals surface area (Å²) in [5, 5.41) is 7.62. The Morgan fingerprint density at radius 3 is 2.11 bits per heavy atom. The molecule has 0 radical (unpaired) electrons. The molecule has 3 aromatic carbocycles. The fourth-order valence-corrected chi connectivity index (χ4v) is 7.10. The molecule has 8 nitrogen and oxygen atoms in total. The van der Waals surface area contributed by atoms with Gasteiger partial charge in [0.15, 0.2) is 11.5 Å². The number of hydrogen-bond donors (Lipinski definition) is 2. The average Bonchev–Trinajstić information content (AvgIpc) is 3.50. The third-order valence-electron chi connectivity index (χ3n) is 9.47. The van der Waals surface area contributed by atoms with E-state index in [1.807, 2.05) is 17.0 Å². The van der Waals surface area contributed by atoms with Crippen LogP contribution in [0.2, 0.25) is 10.0 Å². The molecule has 0 aliphatic carbocycles. The summed E-state index contributed by atoms with van der Waals surface area (Å²) in [6, 6.07) is 17.3. The molecular weight excluding hydrogens is 613 g/mol. The lowest BCUT2D eigenvalue weighted by Gasteiger charge is -2.37. The van der Waals surface area contributed by atoms with Gasteiger partial charge in [-0.25, -0.2) is 0 Å². The van der Waals surface area contributed by atoms with E-state index in [9.17, 15) is 9.59 Å². The number of nitrogens with zero attached hydrogens (tertiary/aromatic N) is 1. The van der Waals surface area contributed by atoms with Gasteiger partial charge in [0.25, 0.3) is 5.91 Å². The number of piperidine rings is 1. The van der Waals surface area contributed by atoms with E-state index in [1.165, 1.54) is 26.9 Å². The smallest absolute Gasteiger partial charge is 0.254 e. The maximum absolute atomic E-state index is 14.0. The van der Waals surface area contributed by atoms with E-state index in [-0.39, 0.29) is 11.8 Å². The number of aryl methyl sites for hydroxylation is 1. The number of rotatable bonds is 10. The van der Waals surface area contributed by atoms with Crippen molar-refractivity contribution in [2.24, 2.45) is 0 Å². The normalized spacial score (nSPS) is 19.2. The molecule has 45 heavy (non-hydrogen) atoms. The van der Waals surface area contributed by atoms with Crippen LogP contribution in [0.15, 0.2) is 54.6 Å². The SMILES string of the molecule is COc1cc(C(=O)N2CCC(CCNC(=O)C3(c4ccc(C)cc4)CCNCC3)(c3ccc(Cl)c(Cl)c3)C2)cc(OC)c1OC. The molecule has 10 heteroatoms. The first-order valence-corrected chi connectivity index (χ1v) is 16.0. The summed E-state index contributed by atoms with van der Waals surface area (Å²) in [6.45, 7) is 5.05. The minimum atomic E-state index is -0.583. The molecule has 5 rings (SSSR count). The molecular formula is C35H41Cl2N3O5. The van der Waals surface area contributed by atoms with Crippen LogP contribution in [0.25, 0.3) is 0 Å². The molecule has 1 atom stereocenters. The van der Waals surface area contributed by atoms with Crippen LogP contribution in [0.5, 0.6) is 17.2 Å². The molecule has 2 aliphatic heterocycles. The lowest BCUT2D eigenvalue weighted by atomic mass is 9.72. The van der Waals surface area contributed by atoms with Crippen LogP contribution in [-0.2, 0) is 15.6 Å². The summed E-state index contributed by atoms with van der Waals surface area (Å²) in [6.07, 6.45) is 2.79. The molecule has 2 N–H and O–H groups in total. The predicted octanol–water partition coefficient (Wildman–Crippen LogP) is 5.94. The zero-order valence-electron chi connectivity index (χ0n) is 26.3. The van der Waals surface area contributed by atoms with Crippen molar-refractivity contribution in [3.63, 3.8) is 0 Å². The number of carbonyl (C=O) groups is 2. The highest BCUT2D eigenvalue weighted by molar-refractivity contribution is 6.42. The number of halogens is 2. The van der Waals surface area contributed by atoms with E-state index in [0.717, 1.165) is 37.1 Å². The van der Waals surface area contributed by atoms with E-state index in [4.69, 9.17) is 37.4 Å². The highest BCUT2D eigenvalue weighted by Gasteiger charge is 2.44. The third-order valence-corrected chi connectivity index (χ3v) is 10.2. The second-order valence-corrected chi connectivity index (χ2v) is 12.8. The van der Waals surface area contributed by atoms with Crippen molar-refractivity contribution in [2.75, 3.05) is 54.1 Å². The largest absolute Gasteiger partial charge is 0.493 e. The molecule has 1 unspecified atom stereocenters. The minimum Gasteiger partial charge on any atom is -0.493 e. The molecule has 2 heterocycles. The summed E-state index contributed by atoms with van der Waals surface area (Å²) in [5.74, 6) is 1.15. The standard InChI is InChI=1S/C35H41Cl2N3O5/c1-23-5-7-25(8-6-23)35(12-15-38-16-13-35)33(42)39-17-11-34(26-9-10-27(36)28(37)21-26)14-18-40(22-34)32(41)24-19-29(43-2)31(45-4)30(20-24)44-3/h5-10,19-21,38H,11-18,22H2,1-4H3,(H,39,42). The molecule has 2 fully saturated rings. The van der Waals surface area contributed by atoms with Crippen LogP contribution in [-0.4, -0.2) is 70.8 Å². The van der Waals surface area contributed by atoms with Gasteiger partial charge in [-0.1, -0.05) is 59.1 Å². The fraction of sp³-hybridized carbons (Fsp3) is 0.429. The summed E-state index contributed by atoms with van der Waals surface area (Å²) in [7, 11) is 4.58. The number of methoxy groups -OCH3 is 3. The minimum absolute atomic E-state index is 0.0421. The van der Waals surface area contributed by atoms with Crippen LogP contribution in [0.1, 0.15) is 52.7 Å². The van der Waals surface area contributed by atoms with E-state index >= 15 is 0 Å². The van der Waals surface area contributed by atoms with Crippen molar-refractivity contribution in [2.45, 2.75) is 43.4 Å². The van der Waals surface area contributed by atoms with Gasteiger partial charge >= 0.3 is 0 Å². The number of likely N-dealkylation sites (tertiary alicyclic amines) is 1. The van der Waals surface area contributed by atoms with Crippen LogP contribution < -0.4 is 24.8 Å². The number of amides is 2. The Hall–Kier alpha value is -3.46. The van der Waals surface area contributed by atoms with E-state index < -0.39 is 10.8 Å². The summed E-state index contributed by atoms with van der Waals surface area (Å²) in [5.41, 5.74) is 2.62. The third kappa shape index (κ3) is 6.60. The molecule has 0 bridgehead atoms. The molecule has 2 saturated heterocycles. The summed E-state index contributed by atoms with van der Waals surface area (Å²) < 4.78 is 16.4. The van der Waals surface area contributed by atoms with Crippen molar-refractivity contribution in [1.29, 1.82) is 0 Å². The van der Waals surface area contributed by atoms with E-state index in [2.05, 4.69) is 41.8 Å². The van der Waals surface area contributed by atoms with Gasteiger partial charge < -0.3 is 29.7 Å². The molecule has 240 valence electrons. The van der Waals surface area contributed by atoms with Gasteiger partial charge in [0, 0.05) is 30.6 Å². The zero-order valence-corrected chi connectivity index (χ0v) is 27.8. The highest BCUT2D eigenvalue weighted by Crippen LogP contribution is 2.43. The molecule has 0 saturated carbocycles. The van der Waals surface area contributed by atoms with Gasteiger partial charge in [-0.15, -0.1) is 0 Å². The Morgan fingerprint density at radius 1 is 0.867 bits per heavy atom. The molecule has 0 aromatic heterocycles. The van der Waals surface area contributed by atoms with E-state index in [1.54, 1.807) is 18.2 Å². The summed E-state index contributed by atoms with van der Waals surface area (Å²) in [4.78, 5) is 29.7. The van der Waals surface area contributed by atoms with Gasteiger partial charge in [0.2, 0.25) is 11.7 Å². The first kappa shape index (κ1) is 32.9. The van der Waals surface area contributed by atoms with Gasteiger partial charge in [-0.05, 0) is 81.1 Å². The second-order valence-electron chi connectivity index (χ2n) is 12.0. The van der Waals surface area contributed by atoms with Crippen molar-refractivity contribution in [3.8, 4) is 17.2 Å². The van der Waals surface area contributed by atoms with Crippen molar-refractivity contribution < 1.29 is 23.8 Å². The number of nitrogens with one attached hydrogen (secondary N) is 2. The Balaban J connectivity index is 1.39. The quantitative estimate of drug-likeness (QED) is 0.282. The zero-order chi connectivity index (χ0) is 32.2. The van der Waals surface area contributed by atoms with Crippen molar-refractivity contribution in [1.82, 2.24) is 15.5 Å². The lowest BCUT2D eigenvalue weighted by molar-refractivity contribution is -0.127. The van der Waals surface area contributed by atoms with Crippen LogP contribution in [0.3, 0.4) is 0 Å². The van der Waals surface area contributed by atoms with Gasteiger partial charge in [-0.2, -0.15) is 0 Å². The second kappa shape index (κ2) is 13.9. The Bertz CT molecular complexity index is 1520. The highest BCUT2D eigenvalue weighted by atomic mass is 35.5. The molecule has 2 aliphatic rings. The monoisotopic (exact) mass is 653 g/mol. The molecule has 2 amide bonds. The van der Waals surface area contributed by atoms with Gasteiger partial charge in [0.1, 0.15) is 0 Å². The maximum Gasteiger partial charge on any atom is 0.254 e. The lowest BCUT2D eigenvalue weighted by Crippen LogP contribution is -2.51.